The molecule has 2 N–H and O–H groups in total. The number of hydrogen-bond acceptors (Lipinski definition) is 5. The van der Waals surface area contributed by atoms with Gasteiger partial charge >= 0.3 is 11.9 Å². The Bertz CT molecular complexity index is 678. The van der Waals surface area contributed by atoms with Crippen molar-refractivity contribution in [1.82, 2.24) is 9.96 Å². The molecule has 2 saturated heterocycles. The van der Waals surface area contributed by atoms with Crippen molar-refractivity contribution in [3.05, 3.63) is 60.3 Å². The highest BCUT2D eigenvalue weighted by Crippen LogP contribution is 2.44. The third-order valence-electron chi connectivity index (χ3n) is 4.96. The number of carbonyl (C=O) groups is 2. The van der Waals surface area contributed by atoms with Crippen molar-refractivity contribution in [1.29, 1.82) is 0 Å². The first kappa shape index (κ1) is 20.7. The van der Waals surface area contributed by atoms with Crippen LogP contribution in [-0.4, -0.2) is 58.9 Å². The van der Waals surface area contributed by atoms with Crippen molar-refractivity contribution >= 4 is 11.9 Å². The van der Waals surface area contributed by atoms with E-state index in [-0.39, 0.29) is 5.41 Å². The molecule has 1 aromatic carbocycles. The summed E-state index contributed by atoms with van der Waals surface area (Å²) in [5.74, 6) is -2.51. The van der Waals surface area contributed by atoms with Crippen LogP contribution in [-0.2, 0) is 21.0 Å². The number of likely N-dealkylation sites (tertiary alicyclic amines) is 1. The van der Waals surface area contributed by atoms with E-state index >= 15 is 0 Å². The molecule has 1 aromatic rings. The van der Waals surface area contributed by atoms with Crippen LogP contribution in [0.1, 0.15) is 18.4 Å². The van der Waals surface area contributed by atoms with Crippen LogP contribution in [0.5, 0.6) is 0 Å². The first-order valence-corrected chi connectivity index (χ1v) is 8.79. The van der Waals surface area contributed by atoms with E-state index in [1.165, 1.54) is 5.56 Å². The predicted octanol–water partition coefficient (Wildman–Crippen LogP) is 2.37. The Morgan fingerprint density at radius 1 is 1.15 bits per heavy atom. The number of nitrogens with zero attached hydrogens (tertiary/aromatic N) is 2. The highest BCUT2D eigenvalue weighted by molar-refractivity contribution is 5.89. The van der Waals surface area contributed by atoms with Crippen LogP contribution >= 0.6 is 0 Å². The zero-order valence-electron chi connectivity index (χ0n) is 15.5. The normalized spacial score (nSPS) is 19.1. The van der Waals surface area contributed by atoms with E-state index in [9.17, 15) is 9.59 Å². The van der Waals surface area contributed by atoms with Gasteiger partial charge in [0.25, 0.3) is 0 Å². The van der Waals surface area contributed by atoms with Gasteiger partial charge in [0.2, 0.25) is 0 Å². The predicted molar refractivity (Wildman–Crippen MR) is 101 cm³/mol. The van der Waals surface area contributed by atoms with Gasteiger partial charge in [-0.1, -0.05) is 36.9 Å². The molecule has 0 aliphatic carbocycles. The summed E-state index contributed by atoms with van der Waals surface area (Å²) in [5.41, 5.74) is 2.76. The molecule has 0 unspecified atom stereocenters. The van der Waals surface area contributed by atoms with Gasteiger partial charge in [0, 0.05) is 36.9 Å². The molecule has 2 fully saturated rings. The van der Waals surface area contributed by atoms with E-state index in [4.69, 9.17) is 15.1 Å². The first-order chi connectivity index (χ1) is 12.8. The minimum atomic E-state index is -1.26. The molecular weight excluding hydrogens is 348 g/mol. The summed E-state index contributed by atoms with van der Waals surface area (Å²) >= 11 is 0. The van der Waals surface area contributed by atoms with Crippen molar-refractivity contribution in [3.8, 4) is 0 Å². The Morgan fingerprint density at radius 2 is 1.70 bits per heavy atom. The molecule has 0 radical (unpaired) electrons. The summed E-state index contributed by atoms with van der Waals surface area (Å²) in [6, 6.07) is 10.7. The second kappa shape index (κ2) is 9.34. The van der Waals surface area contributed by atoms with Crippen molar-refractivity contribution in [2.24, 2.45) is 5.41 Å². The fourth-order valence-electron chi connectivity index (χ4n) is 3.27. The van der Waals surface area contributed by atoms with E-state index in [0.29, 0.717) is 12.2 Å². The topological polar surface area (TPSA) is 90.3 Å². The lowest BCUT2D eigenvalue weighted by Gasteiger charge is -2.38. The zero-order valence-corrected chi connectivity index (χ0v) is 15.5. The maximum absolute atomic E-state index is 9.55. The lowest BCUT2D eigenvalue weighted by Crippen LogP contribution is -2.41. The average Bonchev–Trinajstić information content (AvgIpc) is 2.92. The zero-order chi connectivity index (χ0) is 19.9. The molecule has 146 valence electrons. The summed E-state index contributed by atoms with van der Waals surface area (Å²) in [4.78, 5) is 27.3. The quantitative estimate of drug-likeness (QED) is 0.782. The highest BCUT2D eigenvalue weighted by Gasteiger charge is 2.43. The molecule has 7 nitrogen and oxygen atoms in total. The molecule has 7 heteroatoms. The van der Waals surface area contributed by atoms with Crippen molar-refractivity contribution < 1.29 is 24.6 Å². The monoisotopic (exact) mass is 374 g/mol. The number of carboxylic acid groups (broad SMARTS) is 2. The average molecular weight is 374 g/mol. The molecule has 2 aliphatic heterocycles. The number of benzene rings is 1. The van der Waals surface area contributed by atoms with Gasteiger partial charge in [-0.15, -0.1) is 0 Å². The molecular formula is C20H26N2O5. The van der Waals surface area contributed by atoms with E-state index in [1.807, 2.05) is 12.1 Å². The van der Waals surface area contributed by atoms with Crippen molar-refractivity contribution in [2.75, 3.05) is 26.7 Å². The van der Waals surface area contributed by atoms with Crippen LogP contribution in [0.25, 0.3) is 0 Å². The van der Waals surface area contributed by atoms with E-state index in [0.717, 1.165) is 44.8 Å². The maximum Gasteiger partial charge on any atom is 0.328 e. The van der Waals surface area contributed by atoms with Crippen LogP contribution in [0.4, 0.5) is 0 Å². The maximum atomic E-state index is 9.55. The molecule has 1 spiro atoms. The Kier molecular flexibility index (Phi) is 7.15. The van der Waals surface area contributed by atoms with Crippen LogP contribution in [0, 0.1) is 5.41 Å². The fraction of sp³-hybridized carbons (Fsp3) is 0.400. The molecule has 2 heterocycles. The van der Waals surface area contributed by atoms with Gasteiger partial charge < -0.3 is 10.2 Å². The smallest absolute Gasteiger partial charge is 0.328 e. The second-order valence-electron chi connectivity index (χ2n) is 6.77. The lowest BCUT2D eigenvalue weighted by atomic mass is 9.77. The van der Waals surface area contributed by atoms with E-state index in [2.05, 4.69) is 41.8 Å². The fourth-order valence-corrected chi connectivity index (χ4v) is 3.27. The van der Waals surface area contributed by atoms with Gasteiger partial charge in [-0.25, -0.2) is 9.59 Å². The molecule has 2 aliphatic rings. The van der Waals surface area contributed by atoms with Crippen LogP contribution < -0.4 is 0 Å². The summed E-state index contributed by atoms with van der Waals surface area (Å²) in [6.07, 6.45) is 3.43. The molecule has 27 heavy (non-hydrogen) atoms. The van der Waals surface area contributed by atoms with Gasteiger partial charge in [0.05, 0.1) is 6.61 Å². The van der Waals surface area contributed by atoms with E-state index in [1.54, 1.807) is 0 Å². The van der Waals surface area contributed by atoms with Gasteiger partial charge in [0.15, 0.2) is 0 Å². The summed E-state index contributed by atoms with van der Waals surface area (Å²) in [6.45, 7) is 8.33. The van der Waals surface area contributed by atoms with Gasteiger partial charge in [-0.3, -0.25) is 14.8 Å². The van der Waals surface area contributed by atoms with Crippen molar-refractivity contribution in [2.45, 2.75) is 19.4 Å². The molecule has 0 saturated carbocycles. The summed E-state index contributed by atoms with van der Waals surface area (Å²) in [5, 5.41) is 17.5. The van der Waals surface area contributed by atoms with Crippen LogP contribution in [0.2, 0.25) is 0 Å². The largest absolute Gasteiger partial charge is 0.478 e. The SMILES string of the molecule is C=C1N(C)OCC12CCN(Cc1ccccc1)CC2.O=C(O)C=CC(=O)O. The first-order valence-electron chi connectivity index (χ1n) is 8.79. The third-order valence-corrected chi connectivity index (χ3v) is 4.96. The number of hydroxylamine groups is 2. The van der Waals surface area contributed by atoms with Gasteiger partial charge in [-0.2, -0.15) is 0 Å². The number of aliphatic carboxylic acids is 2. The van der Waals surface area contributed by atoms with E-state index < -0.39 is 11.9 Å². The summed E-state index contributed by atoms with van der Waals surface area (Å²) in [7, 11) is 1.97. The summed E-state index contributed by atoms with van der Waals surface area (Å²) < 4.78 is 0. The number of rotatable bonds is 4. The standard InChI is InChI=1S/C16H22N2O.C4H4O4/c1-14-16(13-19-17(14)2)8-10-18(11-9-16)12-15-6-4-3-5-7-15;5-3(6)1-2-4(7)8/h3-7H,1,8-13H2,2H3;1-2H,(H,5,6)(H,7,8). The van der Waals surface area contributed by atoms with Crippen LogP contribution in [0.15, 0.2) is 54.8 Å². The molecule has 0 amide bonds. The number of piperidine rings is 1. The van der Waals surface area contributed by atoms with Gasteiger partial charge in [0.1, 0.15) is 0 Å². The molecule has 0 bridgehead atoms. The highest BCUT2D eigenvalue weighted by atomic mass is 16.7. The Hall–Kier alpha value is -2.64. The lowest BCUT2D eigenvalue weighted by molar-refractivity contribution is -0.134. The van der Waals surface area contributed by atoms with Crippen molar-refractivity contribution in [3.63, 3.8) is 0 Å². The number of hydrogen-bond donors (Lipinski definition) is 2. The molecule has 0 aromatic heterocycles. The second-order valence-corrected chi connectivity index (χ2v) is 6.77. The Morgan fingerprint density at radius 3 is 2.15 bits per heavy atom. The Balaban J connectivity index is 0.000000279. The molecule has 0 atom stereocenters. The molecule has 3 rings (SSSR count). The Labute approximate surface area is 159 Å². The minimum absolute atomic E-state index is 0.196. The number of carboxylic acids is 2. The van der Waals surface area contributed by atoms with Crippen LogP contribution in [0.3, 0.4) is 0 Å². The third kappa shape index (κ3) is 5.94. The minimum Gasteiger partial charge on any atom is -0.478 e. The van der Waals surface area contributed by atoms with Gasteiger partial charge in [-0.05, 0) is 31.5 Å².